The Bertz CT molecular complexity index is 570. The van der Waals surface area contributed by atoms with Crippen LogP contribution < -0.4 is 0 Å². The molecule has 1 N–H and O–H groups in total. The van der Waals surface area contributed by atoms with E-state index in [9.17, 15) is 18.4 Å². The van der Waals surface area contributed by atoms with E-state index < -0.39 is 41.0 Å². The fourth-order valence-corrected chi connectivity index (χ4v) is 3.40. The van der Waals surface area contributed by atoms with Gasteiger partial charge in [0.05, 0.1) is 5.92 Å². The first-order chi connectivity index (χ1) is 9.50. The van der Waals surface area contributed by atoms with Crippen molar-refractivity contribution in [3.8, 4) is 0 Å². The number of hydrogen-bond donors (Lipinski definition) is 1. The summed E-state index contributed by atoms with van der Waals surface area (Å²) in [6, 6.07) is 2.57. The molecular weight excluding hydrogens is 268 g/mol. The van der Waals surface area contributed by atoms with E-state index in [0.29, 0.717) is 19.3 Å². The normalized spacial score (nSPS) is 27.9. The molecule has 3 rings (SSSR count). The Labute approximate surface area is 114 Å². The van der Waals surface area contributed by atoms with Crippen LogP contribution in [0.5, 0.6) is 0 Å². The number of hydrogen-bond acceptors (Lipinski definition) is 2. The highest BCUT2D eigenvalue weighted by Gasteiger charge is 2.52. The molecule has 0 spiro atoms. The van der Waals surface area contributed by atoms with Crippen LogP contribution in [-0.2, 0) is 4.79 Å². The predicted octanol–water partition coefficient (Wildman–Crippen LogP) is 2.04. The van der Waals surface area contributed by atoms with Crippen LogP contribution in [0.25, 0.3) is 0 Å². The Morgan fingerprint density at radius 1 is 1.20 bits per heavy atom. The molecule has 0 saturated carbocycles. The van der Waals surface area contributed by atoms with E-state index in [4.69, 9.17) is 5.11 Å². The average molecular weight is 281 g/mol. The summed E-state index contributed by atoms with van der Waals surface area (Å²) < 4.78 is 27.4. The third kappa shape index (κ3) is 1.78. The Kier molecular flexibility index (Phi) is 2.96. The molecule has 0 aliphatic carbocycles. The van der Waals surface area contributed by atoms with Gasteiger partial charge >= 0.3 is 5.97 Å². The number of fused-ring (bicyclic) bond motifs is 2. The summed E-state index contributed by atoms with van der Waals surface area (Å²) in [7, 11) is 0. The molecule has 20 heavy (non-hydrogen) atoms. The van der Waals surface area contributed by atoms with Crippen LogP contribution in [-0.4, -0.2) is 34.0 Å². The van der Waals surface area contributed by atoms with Gasteiger partial charge in [0.2, 0.25) is 0 Å². The zero-order valence-electron chi connectivity index (χ0n) is 10.6. The zero-order chi connectivity index (χ0) is 14.4. The molecule has 1 aromatic rings. The van der Waals surface area contributed by atoms with Gasteiger partial charge in [-0.3, -0.25) is 9.59 Å². The summed E-state index contributed by atoms with van der Waals surface area (Å²) in [6.45, 7) is 0. The second-order valence-corrected chi connectivity index (χ2v) is 5.29. The Hall–Kier alpha value is -1.98. The van der Waals surface area contributed by atoms with Gasteiger partial charge in [-0.2, -0.15) is 0 Å². The summed E-state index contributed by atoms with van der Waals surface area (Å²) in [5, 5.41) is 9.13. The maximum absolute atomic E-state index is 13.7. The Morgan fingerprint density at radius 2 is 1.85 bits per heavy atom. The smallest absolute Gasteiger partial charge is 0.308 e. The lowest BCUT2D eigenvalue weighted by Crippen LogP contribution is -2.38. The van der Waals surface area contributed by atoms with Crippen molar-refractivity contribution in [3.05, 3.63) is 35.4 Å². The average Bonchev–Trinajstić information content (AvgIpc) is 2.95. The van der Waals surface area contributed by atoms with Gasteiger partial charge in [-0.25, -0.2) is 8.78 Å². The zero-order valence-corrected chi connectivity index (χ0v) is 10.6. The van der Waals surface area contributed by atoms with Gasteiger partial charge in [-0.1, -0.05) is 6.07 Å². The molecule has 4 nitrogen and oxygen atoms in total. The van der Waals surface area contributed by atoms with Crippen molar-refractivity contribution in [3.63, 3.8) is 0 Å². The summed E-state index contributed by atoms with van der Waals surface area (Å²) >= 11 is 0. The molecule has 3 unspecified atom stereocenters. The summed E-state index contributed by atoms with van der Waals surface area (Å²) in [5.41, 5.74) is -0.588. The van der Waals surface area contributed by atoms with Crippen LogP contribution >= 0.6 is 0 Å². The van der Waals surface area contributed by atoms with Crippen LogP contribution in [0.2, 0.25) is 0 Å². The number of carbonyl (C=O) groups is 2. The van der Waals surface area contributed by atoms with Crippen molar-refractivity contribution in [1.29, 1.82) is 0 Å². The predicted molar refractivity (Wildman–Crippen MR) is 65.1 cm³/mol. The molecule has 2 aliphatic rings. The van der Waals surface area contributed by atoms with Gasteiger partial charge in [-0.15, -0.1) is 0 Å². The van der Waals surface area contributed by atoms with Gasteiger partial charge in [0.25, 0.3) is 5.91 Å². The van der Waals surface area contributed by atoms with Crippen molar-refractivity contribution >= 4 is 11.9 Å². The molecule has 2 aliphatic heterocycles. The molecule has 106 valence electrons. The number of rotatable bonds is 2. The number of halogens is 2. The van der Waals surface area contributed by atoms with Crippen LogP contribution in [0.3, 0.4) is 0 Å². The number of amides is 1. The lowest BCUT2D eigenvalue weighted by atomic mass is 9.89. The van der Waals surface area contributed by atoms with Gasteiger partial charge in [0, 0.05) is 12.1 Å². The lowest BCUT2D eigenvalue weighted by molar-refractivity contribution is -0.142. The van der Waals surface area contributed by atoms with Gasteiger partial charge in [-0.05, 0) is 31.4 Å². The first kappa shape index (κ1) is 13.0. The first-order valence-corrected chi connectivity index (χ1v) is 6.50. The Balaban J connectivity index is 1.94. The van der Waals surface area contributed by atoms with Gasteiger partial charge < -0.3 is 10.0 Å². The van der Waals surface area contributed by atoms with E-state index in [0.717, 1.165) is 12.1 Å². The molecule has 1 amide bonds. The van der Waals surface area contributed by atoms with E-state index in [-0.39, 0.29) is 6.04 Å². The van der Waals surface area contributed by atoms with Crippen molar-refractivity contribution in [1.82, 2.24) is 4.90 Å². The van der Waals surface area contributed by atoms with Gasteiger partial charge in [0.15, 0.2) is 0 Å². The molecule has 0 aromatic heterocycles. The Morgan fingerprint density at radius 3 is 2.40 bits per heavy atom. The third-order valence-electron chi connectivity index (χ3n) is 4.27. The van der Waals surface area contributed by atoms with Crippen LogP contribution in [0.15, 0.2) is 18.2 Å². The lowest BCUT2D eigenvalue weighted by Gasteiger charge is -2.23. The molecule has 0 radical (unpaired) electrons. The molecule has 2 saturated heterocycles. The van der Waals surface area contributed by atoms with Crippen LogP contribution in [0, 0.1) is 17.6 Å². The number of aliphatic carboxylic acids is 1. The number of nitrogens with zero attached hydrogens (tertiary/aromatic N) is 1. The van der Waals surface area contributed by atoms with E-state index in [1.165, 1.54) is 11.0 Å². The van der Waals surface area contributed by atoms with Crippen molar-refractivity contribution in [2.24, 2.45) is 5.92 Å². The van der Waals surface area contributed by atoms with E-state index in [1.807, 2.05) is 0 Å². The van der Waals surface area contributed by atoms with Crippen LogP contribution in [0.1, 0.15) is 29.6 Å². The van der Waals surface area contributed by atoms with E-state index in [1.54, 1.807) is 0 Å². The van der Waals surface area contributed by atoms with Gasteiger partial charge in [0.1, 0.15) is 17.2 Å². The SMILES string of the molecule is O=C(O)C1CC2CCC1N2C(=O)c1c(F)cccc1F. The van der Waals surface area contributed by atoms with E-state index >= 15 is 0 Å². The van der Waals surface area contributed by atoms with Crippen molar-refractivity contribution in [2.75, 3.05) is 0 Å². The highest BCUT2D eigenvalue weighted by molar-refractivity contribution is 5.96. The molecular formula is C14H13F2NO3. The van der Waals surface area contributed by atoms with Crippen molar-refractivity contribution < 1.29 is 23.5 Å². The molecule has 2 bridgehead atoms. The minimum Gasteiger partial charge on any atom is -0.481 e. The maximum atomic E-state index is 13.7. The second-order valence-electron chi connectivity index (χ2n) is 5.29. The van der Waals surface area contributed by atoms with E-state index in [2.05, 4.69) is 0 Å². The highest BCUT2D eigenvalue weighted by atomic mass is 19.1. The maximum Gasteiger partial charge on any atom is 0.308 e. The molecule has 3 atom stereocenters. The highest BCUT2D eigenvalue weighted by Crippen LogP contribution is 2.42. The first-order valence-electron chi connectivity index (χ1n) is 6.50. The van der Waals surface area contributed by atoms with Crippen molar-refractivity contribution in [2.45, 2.75) is 31.3 Å². The fourth-order valence-electron chi connectivity index (χ4n) is 3.40. The number of benzene rings is 1. The fraction of sp³-hybridized carbons (Fsp3) is 0.429. The largest absolute Gasteiger partial charge is 0.481 e. The number of carbonyl (C=O) groups excluding carboxylic acids is 1. The number of carboxylic acids is 1. The third-order valence-corrected chi connectivity index (χ3v) is 4.27. The number of carboxylic acid groups (broad SMARTS) is 1. The minimum atomic E-state index is -0.955. The summed E-state index contributed by atoms with van der Waals surface area (Å²) in [6.07, 6.45) is 1.63. The molecule has 2 fully saturated rings. The monoisotopic (exact) mass is 281 g/mol. The summed E-state index contributed by atoms with van der Waals surface area (Å²) in [4.78, 5) is 24.9. The molecule has 1 aromatic carbocycles. The summed E-state index contributed by atoms with van der Waals surface area (Å²) in [5.74, 6) is -4.14. The second kappa shape index (κ2) is 4.54. The quantitative estimate of drug-likeness (QED) is 0.902. The minimum absolute atomic E-state index is 0.229. The van der Waals surface area contributed by atoms with Crippen LogP contribution in [0.4, 0.5) is 8.78 Å². The topological polar surface area (TPSA) is 57.6 Å². The standard InChI is InChI=1S/C14H13F2NO3/c15-9-2-1-3-10(16)12(9)13(18)17-7-4-5-11(17)8(6-7)14(19)20/h1-3,7-8,11H,4-6H2,(H,19,20). The molecule has 2 heterocycles. The molecule has 6 heteroatoms.